The van der Waals surface area contributed by atoms with E-state index in [1.807, 2.05) is 12.1 Å². The number of H-pyrrole nitrogens is 1. The molecule has 2 heterocycles. The molecule has 1 aliphatic heterocycles. The van der Waals surface area contributed by atoms with Crippen molar-refractivity contribution in [2.45, 2.75) is 6.42 Å². The number of carbonyl (C=O) groups is 1. The molecule has 2 aromatic carbocycles. The number of methoxy groups -OCH3 is 1. The average Bonchev–Trinajstić information content (AvgIpc) is 2.72. The van der Waals surface area contributed by atoms with Crippen molar-refractivity contribution in [1.82, 2.24) is 10.3 Å². The molecule has 0 fully saturated rings. The molecule has 1 aromatic heterocycles. The van der Waals surface area contributed by atoms with E-state index in [-0.39, 0.29) is 11.5 Å². The van der Waals surface area contributed by atoms with Crippen LogP contribution >= 0.6 is 0 Å². The Bertz CT molecular complexity index is 1090. The van der Waals surface area contributed by atoms with Crippen LogP contribution in [0.2, 0.25) is 0 Å². The molecule has 7 nitrogen and oxygen atoms in total. The molecule has 0 aliphatic carbocycles. The Balaban J connectivity index is 1.47. The number of amides is 1. The highest BCUT2D eigenvalue weighted by molar-refractivity contribution is 5.94. The van der Waals surface area contributed by atoms with Crippen LogP contribution in [-0.4, -0.2) is 37.8 Å². The zero-order chi connectivity index (χ0) is 19.5. The predicted molar refractivity (Wildman–Crippen MR) is 105 cm³/mol. The molecular formula is C21H20N2O5. The maximum atomic E-state index is 12.4. The van der Waals surface area contributed by atoms with E-state index >= 15 is 0 Å². The lowest BCUT2D eigenvalue weighted by Gasteiger charge is -2.18. The average molecular weight is 380 g/mol. The Hall–Kier alpha value is -3.48. The summed E-state index contributed by atoms with van der Waals surface area (Å²) in [5.74, 6) is 1.71. The molecule has 0 radical (unpaired) electrons. The Kier molecular flexibility index (Phi) is 4.89. The minimum Gasteiger partial charge on any atom is -0.497 e. The third kappa shape index (κ3) is 3.64. The number of aromatic nitrogens is 1. The van der Waals surface area contributed by atoms with Gasteiger partial charge in [-0.3, -0.25) is 9.59 Å². The fraction of sp³-hybridized carbons (Fsp3) is 0.238. The summed E-state index contributed by atoms with van der Waals surface area (Å²) in [6.07, 6.45) is 0.412. The van der Waals surface area contributed by atoms with Gasteiger partial charge in [0, 0.05) is 29.1 Å². The van der Waals surface area contributed by atoms with Crippen LogP contribution in [0.3, 0.4) is 0 Å². The topological polar surface area (TPSA) is 89.7 Å². The van der Waals surface area contributed by atoms with Crippen molar-refractivity contribution in [3.05, 3.63) is 63.9 Å². The highest BCUT2D eigenvalue weighted by Gasteiger charge is 2.14. The molecule has 2 N–H and O–H groups in total. The molecule has 0 spiro atoms. The van der Waals surface area contributed by atoms with Crippen LogP contribution in [0.4, 0.5) is 0 Å². The van der Waals surface area contributed by atoms with Crippen molar-refractivity contribution in [2.24, 2.45) is 0 Å². The number of aromatic amines is 1. The van der Waals surface area contributed by atoms with Crippen molar-refractivity contribution in [3.8, 4) is 17.2 Å². The molecule has 0 atom stereocenters. The van der Waals surface area contributed by atoms with Gasteiger partial charge in [0.15, 0.2) is 11.5 Å². The van der Waals surface area contributed by atoms with Gasteiger partial charge in [-0.2, -0.15) is 0 Å². The zero-order valence-corrected chi connectivity index (χ0v) is 15.4. The second kappa shape index (κ2) is 7.64. The van der Waals surface area contributed by atoms with Crippen LogP contribution in [0.5, 0.6) is 17.2 Å². The van der Waals surface area contributed by atoms with Gasteiger partial charge in [0.1, 0.15) is 19.0 Å². The van der Waals surface area contributed by atoms with Gasteiger partial charge >= 0.3 is 0 Å². The third-order valence-corrected chi connectivity index (χ3v) is 4.60. The number of carbonyl (C=O) groups excluding carboxylic acids is 1. The highest BCUT2D eigenvalue weighted by atomic mass is 16.6. The van der Waals surface area contributed by atoms with Gasteiger partial charge < -0.3 is 24.5 Å². The number of benzene rings is 2. The van der Waals surface area contributed by atoms with Crippen LogP contribution in [0, 0.1) is 0 Å². The van der Waals surface area contributed by atoms with Crippen molar-refractivity contribution in [2.75, 3.05) is 26.9 Å². The summed E-state index contributed by atoms with van der Waals surface area (Å²) in [6.45, 7) is 1.34. The summed E-state index contributed by atoms with van der Waals surface area (Å²) in [4.78, 5) is 27.5. The standard InChI is InChI=1S/C21H20N2O5/c1-26-16-4-2-3-13(10-16)20(24)22-6-5-14-9-15-11-18-19(28-8-7-27-18)12-17(15)23-21(14)25/h2-4,9-12H,5-8H2,1H3,(H,22,24)(H,23,25). The third-order valence-electron chi connectivity index (χ3n) is 4.60. The zero-order valence-electron chi connectivity index (χ0n) is 15.4. The summed E-state index contributed by atoms with van der Waals surface area (Å²) in [5, 5.41) is 3.69. The number of hydrogen-bond donors (Lipinski definition) is 2. The van der Waals surface area contributed by atoms with E-state index in [2.05, 4.69) is 10.3 Å². The van der Waals surface area contributed by atoms with Crippen molar-refractivity contribution in [1.29, 1.82) is 0 Å². The lowest BCUT2D eigenvalue weighted by Crippen LogP contribution is -2.27. The second-order valence-corrected chi connectivity index (χ2v) is 6.44. The summed E-state index contributed by atoms with van der Waals surface area (Å²) in [6, 6.07) is 12.4. The molecule has 4 rings (SSSR count). The number of fused-ring (bicyclic) bond motifs is 2. The van der Waals surface area contributed by atoms with Gasteiger partial charge in [-0.15, -0.1) is 0 Å². The van der Waals surface area contributed by atoms with Gasteiger partial charge in [-0.05, 0) is 36.8 Å². The molecule has 0 saturated heterocycles. The Morgan fingerprint density at radius 2 is 1.93 bits per heavy atom. The molecule has 0 bridgehead atoms. The van der Waals surface area contributed by atoms with Crippen LogP contribution in [0.1, 0.15) is 15.9 Å². The minimum absolute atomic E-state index is 0.181. The number of ether oxygens (including phenoxy) is 3. The Morgan fingerprint density at radius 3 is 2.71 bits per heavy atom. The van der Waals surface area contributed by atoms with Crippen molar-refractivity contribution >= 4 is 16.8 Å². The second-order valence-electron chi connectivity index (χ2n) is 6.44. The van der Waals surface area contributed by atoms with Gasteiger partial charge in [0.2, 0.25) is 0 Å². The van der Waals surface area contributed by atoms with E-state index in [1.54, 1.807) is 37.4 Å². The first kappa shape index (κ1) is 17.9. The van der Waals surface area contributed by atoms with Gasteiger partial charge in [-0.25, -0.2) is 0 Å². The maximum absolute atomic E-state index is 12.4. The largest absolute Gasteiger partial charge is 0.497 e. The molecule has 28 heavy (non-hydrogen) atoms. The highest BCUT2D eigenvalue weighted by Crippen LogP contribution is 2.33. The van der Waals surface area contributed by atoms with Crippen LogP contribution < -0.4 is 25.1 Å². The number of hydrogen-bond acceptors (Lipinski definition) is 5. The molecule has 0 saturated carbocycles. The predicted octanol–water partition coefficient (Wildman–Crippen LogP) is 2.28. The van der Waals surface area contributed by atoms with Crippen LogP contribution in [0.15, 0.2) is 47.3 Å². The van der Waals surface area contributed by atoms with Gasteiger partial charge in [0.05, 0.1) is 12.6 Å². The summed E-state index contributed by atoms with van der Waals surface area (Å²) < 4.78 is 16.3. The Labute approximate surface area is 161 Å². The minimum atomic E-state index is -0.212. The van der Waals surface area contributed by atoms with E-state index in [9.17, 15) is 9.59 Å². The first-order chi connectivity index (χ1) is 13.6. The molecule has 1 aliphatic rings. The smallest absolute Gasteiger partial charge is 0.251 e. The first-order valence-corrected chi connectivity index (χ1v) is 9.02. The van der Waals surface area contributed by atoms with Crippen LogP contribution in [-0.2, 0) is 6.42 Å². The number of nitrogens with one attached hydrogen (secondary N) is 2. The van der Waals surface area contributed by atoms with E-state index in [4.69, 9.17) is 14.2 Å². The number of pyridine rings is 1. The normalized spacial score (nSPS) is 12.6. The summed E-state index contributed by atoms with van der Waals surface area (Å²) in [7, 11) is 1.55. The van der Waals surface area contributed by atoms with Gasteiger partial charge in [-0.1, -0.05) is 6.07 Å². The fourth-order valence-corrected chi connectivity index (χ4v) is 3.15. The molecular weight excluding hydrogens is 360 g/mol. The van der Waals surface area contributed by atoms with Crippen molar-refractivity contribution < 1.29 is 19.0 Å². The van der Waals surface area contributed by atoms with E-state index < -0.39 is 0 Å². The SMILES string of the molecule is COc1cccc(C(=O)NCCc2cc3cc4c(cc3[nH]c2=O)OCCO4)c1. The lowest BCUT2D eigenvalue weighted by molar-refractivity contribution is 0.0953. The summed E-state index contributed by atoms with van der Waals surface area (Å²) >= 11 is 0. The van der Waals surface area contributed by atoms with Gasteiger partial charge in [0.25, 0.3) is 11.5 Å². The monoisotopic (exact) mass is 380 g/mol. The van der Waals surface area contributed by atoms with E-state index in [0.717, 1.165) is 5.39 Å². The lowest BCUT2D eigenvalue weighted by atomic mass is 10.1. The fourth-order valence-electron chi connectivity index (χ4n) is 3.15. The quantitative estimate of drug-likeness (QED) is 0.709. The summed E-state index contributed by atoms with van der Waals surface area (Å²) in [5.41, 5.74) is 1.61. The van der Waals surface area contributed by atoms with E-state index in [1.165, 1.54) is 0 Å². The molecule has 7 heteroatoms. The molecule has 0 unspecified atom stereocenters. The Morgan fingerprint density at radius 1 is 1.14 bits per heavy atom. The molecule has 144 valence electrons. The first-order valence-electron chi connectivity index (χ1n) is 9.02. The number of rotatable bonds is 5. The van der Waals surface area contributed by atoms with Crippen LogP contribution in [0.25, 0.3) is 10.9 Å². The van der Waals surface area contributed by atoms with E-state index in [0.29, 0.717) is 60.1 Å². The maximum Gasteiger partial charge on any atom is 0.251 e. The molecule has 3 aromatic rings. The van der Waals surface area contributed by atoms with Crippen molar-refractivity contribution in [3.63, 3.8) is 0 Å². The molecule has 1 amide bonds.